The van der Waals surface area contributed by atoms with Gasteiger partial charge in [0, 0.05) is 36.0 Å². The number of piperidine rings is 1. The number of thiazole rings is 1. The second kappa shape index (κ2) is 12.5. The van der Waals surface area contributed by atoms with E-state index >= 15 is 0 Å². The summed E-state index contributed by atoms with van der Waals surface area (Å²) in [4.78, 5) is 32.7. The summed E-state index contributed by atoms with van der Waals surface area (Å²) in [7, 11) is 0. The number of aromatic nitrogens is 3. The fourth-order valence-corrected chi connectivity index (χ4v) is 6.11. The summed E-state index contributed by atoms with van der Waals surface area (Å²) in [5.41, 5.74) is 3.43. The van der Waals surface area contributed by atoms with Gasteiger partial charge in [-0.2, -0.15) is 10.2 Å². The minimum atomic E-state index is -0.478. The smallest absolute Gasteiger partial charge is 0.306 e. The Balaban J connectivity index is 1.35. The normalized spacial score (nSPS) is 17.6. The van der Waals surface area contributed by atoms with E-state index < -0.39 is 5.60 Å². The molecule has 1 N–H and O–H groups in total. The molecule has 1 amide bonds. The number of nitrogens with one attached hydrogen (secondary N) is 1. The van der Waals surface area contributed by atoms with Gasteiger partial charge in [0.1, 0.15) is 22.1 Å². The molecule has 5 rings (SSSR count). The molecule has 3 aromatic rings. The van der Waals surface area contributed by atoms with Crippen LogP contribution in [0.1, 0.15) is 81.8 Å². The first kappa shape index (κ1) is 29.0. The second-order valence-corrected chi connectivity index (χ2v) is 12.8. The number of carbonyl (C=O) groups is 2. The monoisotopic (exact) mass is 577 g/mol. The van der Waals surface area contributed by atoms with E-state index in [4.69, 9.17) is 9.47 Å². The molecule has 1 saturated heterocycles. The lowest BCUT2D eigenvalue weighted by atomic mass is 9.92. The van der Waals surface area contributed by atoms with Gasteiger partial charge in [-0.25, -0.2) is 4.98 Å². The summed E-state index contributed by atoms with van der Waals surface area (Å²) < 4.78 is 11.9. The van der Waals surface area contributed by atoms with Crippen molar-refractivity contribution < 1.29 is 19.1 Å². The summed E-state index contributed by atoms with van der Waals surface area (Å²) in [6.07, 6.45) is 10.1. The fraction of sp³-hybridized carbons (Fsp3) is 0.516. The highest BCUT2D eigenvalue weighted by Crippen LogP contribution is 2.40. The Bertz CT molecular complexity index is 1370. The van der Waals surface area contributed by atoms with Crippen LogP contribution in [-0.4, -0.2) is 51.9 Å². The van der Waals surface area contributed by atoms with Gasteiger partial charge in [0.15, 0.2) is 0 Å². The molecule has 3 heterocycles. The minimum Gasteiger partial charge on any atom is -0.490 e. The number of rotatable bonds is 9. The van der Waals surface area contributed by atoms with Crippen LogP contribution >= 0.6 is 11.3 Å². The first-order valence-corrected chi connectivity index (χ1v) is 15.4. The molecule has 41 heavy (non-hydrogen) atoms. The molecular weight excluding hydrogens is 538 g/mol. The third kappa shape index (κ3) is 7.41. The lowest BCUT2D eigenvalue weighted by Crippen LogP contribution is -2.37. The summed E-state index contributed by atoms with van der Waals surface area (Å²) in [5.74, 6) is 0.798. The topological polar surface area (TPSA) is 107 Å². The average molecular weight is 578 g/mol. The van der Waals surface area contributed by atoms with Crippen LogP contribution in [0.3, 0.4) is 0 Å². The molecule has 1 aliphatic carbocycles. The number of anilines is 2. The number of amides is 1. The maximum atomic E-state index is 13.4. The van der Waals surface area contributed by atoms with Crippen LogP contribution in [0.25, 0.3) is 10.6 Å². The molecule has 9 nitrogen and oxygen atoms in total. The number of ether oxygens (including phenoxy) is 2. The predicted octanol–water partition coefficient (Wildman–Crippen LogP) is 6.43. The maximum absolute atomic E-state index is 13.4. The zero-order valence-electron chi connectivity index (χ0n) is 24.3. The van der Waals surface area contributed by atoms with Gasteiger partial charge in [-0.15, -0.1) is 11.3 Å². The molecule has 1 saturated carbocycles. The first-order chi connectivity index (χ1) is 19.7. The summed E-state index contributed by atoms with van der Waals surface area (Å²) in [6.45, 7) is 9.43. The van der Waals surface area contributed by atoms with Gasteiger partial charge < -0.3 is 19.7 Å². The maximum Gasteiger partial charge on any atom is 0.306 e. The largest absolute Gasteiger partial charge is 0.490 e. The highest BCUT2D eigenvalue weighted by atomic mass is 32.1. The van der Waals surface area contributed by atoms with Crippen molar-refractivity contribution in [3.05, 3.63) is 47.2 Å². The molecule has 0 radical (unpaired) electrons. The lowest BCUT2D eigenvalue weighted by molar-refractivity contribution is -0.155. The van der Waals surface area contributed by atoms with E-state index in [-0.39, 0.29) is 18.0 Å². The van der Waals surface area contributed by atoms with Gasteiger partial charge in [-0.3, -0.25) is 9.59 Å². The Labute approximate surface area is 245 Å². The molecule has 0 unspecified atom stereocenters. The molecule has 0 bridgehead atoms. The van der Waals surface area contributed by atoms with E-state index in [2.05, 4.69) is 32.3 Å². The Kier molecular flexibility index (Phi) is 8.87. The van der Waals surface area contributed by atoms with Gasteiger partial charge in [-0.1, -0.05) is 0 Å². The number of hydrogen-bond donors (Lipinski definition) is 1. The van der Waals surface area contributed by atoms with Crippen molar-refractivity contribution in [3.63, 3.8) is 0 Å². The van der Waals surface area contributed by atoms with Crippen molar-refractivity contribution in [1.82, 2.24) is 15.2 Å². The van der Waals surface area contributed by atoms with Crippen LogP contribution < -0.4 is 15.0 Å². The molecule has 2 aliphatic rings. The van der Waals surface area contributed by atoms with E-state index in [9.17, 15) is 9.59 Å². The predicted molar refractivity (Wildman–Crippen MR) is 161 cm³/mol. The van der Waals surface area contributed by atoms with Gasteiger partial charge in [0.25, 0.3) is 5.91 Å². The van der Waals surface area contributed by atoms with Crippen LogP contribution in [0.15, 0.2) is 36.0 Å². The third-order valence-electron chi connectivity index (χ3n) is 7.56. The van der Waals surface area contributed by atoms with E-state index in [1.54, 1.807) is 17.8 Å². The Morgan fingerprint density at radius 1 is 1.12 bits per heavy atom. The zero-order chi connectivity index (χ0) is 29.0. The Morgan fingerprint density at radius 2 is 1.95 bits per heavy atom. The van der Waals surface area contributed by atoms with Crippen LogP contribution in [0, 0.1) is 12.8 Å². The minimum absolute atomic E-state index is 0.153. The molecule has 1 atom stereocenters. The highest BCUT2D eigenvalue weighted by Gasteiger charge is 2.28. The van der Waals surface area contributed by atoms with Gasteiger partial charge >= 0.3 is 5.97 Å². The van der Waals surface area contributed by atoms with Crippen molar-refractivity contribution in [2.45, 2.75) is 84.3 Å². The highest BCUT2D eigenvalue weighted by molar-refractivity contribution is 7.13. The van der Waals surface area contributed by atoms with Crippen LogP contribution in [0.5, 0.6) is 5.75 Å². The number of hydrogen-bond acceptors (Lipinski definition) is 9. The van der Waals surface area contributed by atoms with Crippen molar-refractivity contribution >= 4 is 34.6 Å². The van der Waals surface area contributed by atoms with E-state index in [1.165, 1.54) is 17.8 Å². The average Bonchev–Trinajstić information content (AvgIpc) is 3.41. The molecule has 1 aliphatic heterocycles. The third-order valence-corrected chi connectivity index (χ3v) is 8.45. The number of nitrogens with zero attached hydrogens (tertiary/aromatic N) is 4. The van der Waals surface area contributed by atoms with Crippen molar-refractivity contribution in [3.8, 4) is 16.3 Å². The molecule has 0 spiro atoms. The molecule has 10 heteroatoms. The summed E-state index contributed by atoms with van der Waals surface area (Å²) >= 11 is 1.40. The Hall–Kier alpha value is -3.53. The second-order valence-electron chi connectivity index (χ2n) is 12.0. The van der Waals surface area contributed by atoms with E-state index in [1.807, 2.05) is 39.0 Å². The molecular formula is C31H39N5O4S. The molecule has 2 fully saturated rings. The number of benzene rings is 1. The summed E-state index contributed by atoms with van der Waals surface area (Å²) in [5, 5.41) is 13.3. The SMILES string of the molecule is Cc1c(OC2CCC2)ccc(NC(=O)c2csc(-c3ccnnc3)n2)c1N1CCC[C@@H](CCC(=O)OC(C)(C)C)C1. The molecule has 2 aromatic heterocycles. The van der Waals surface area contributed by atoms with E-state index in [0.717, 1.165) is 78.5 Å². The van der Waals surface area contributed by atoms with E-state index in [0.29, 0.717) is 18.0 Å². The van der Waals surface area contributed by atoms with Crippen molar-refractivity contribution in [2.24, 2.45) is 5.92 Å². The lowest BCUT2D eigenvalue weighted by Gasteiger charge is -2.37. The fourth-order valence-electron chi connectivity index (χ4n) is 5.32. The number of esters is 1. The van der Waals surface area contributed by atoms with Gasteiger partial charge in [-0.05, 0) is 90.3 Å². The standard InChI is InChI=1S/C31H39N5O4S/c1-20-26(39-23-8-5-9-23)12-11-24(34-29(38)25-19-41-30(35-25)22-14-15-32-33-17-22)28(20)36-16-6-7-21(18-36)10-13-27(37)40-31(2,3)4/h11-12,14-15,17,19,21,23H,5-10,13,16,18H2,1-4H3,(H,34,38)/t21-/m0/s1. The quantitative estimate of drug-likeness (QED) is 0.290. The van der Waals surface area contributed by atoms with Gasteiger partial charge in [0.2, 0.25) is 0 Å². The van der Waals surface area contributed by atoms with Crippen LogP contribution in [0.4, 0.5) is 11.4 Å². The van der Waals surface area contributed by atoms with Crippen LogP contribution in [-0.2, 0) is 9.53 Å². The van der Waals surface area contributed by atoms with Crippen LogP contribution in [0.2, 0.25) is 0 Å². The number of carbonyl (C=O) groups excluding carboxylic acids is 2. The van der Waals surface area contributed by atoms with Crippen molar-refractivity contribution in [2.75, 3.05) is 23.3 Å². The Morgan fingerprint density at radius 3 is 2.66 bits per heavy atom. The zero-order valence-corrected chi connectivity index (χ0v) is 25.1. The molecule has 1 aromatic carbocycles. The summed E-state index contributed by atoms with van der Waals surface area (Å²) in [6, 6.07) is 5.73. The first-order valence-electron chi connectivity index (χ1n) is 14.5. The van der Waals surface area contributed by atoms with Gasteiger partial charge in [0.05, 0.1) is 29.9 Å². The van der Waals surface area contributed by atoms with Crippen molar-refractivity contribution in [1.29, 1.82) is 0 Å². The molecule has 218 valence electrons.